The van der Waals surface area contributed by atoms with E-state index in [1.165, 1.54) is 0 Å². The van der Waals surface area contributed by atoms with Gasteiger partial charge in [-0.25, -0.2) is 4.98 Å². The maximum absolute atomic E-state index is 11.9. The summed E-state index contributed by atoms with van der Waals surface area (Å²) in [5.41, 5.74) is 2.54. The van der Waals surface area contributed by atoms with Crippen molar-refractivity contribution in [3.63, 3.8) is 0 Å². The molecule has 0 aliphatic carbocycles. The lowest BCUT2D eigenvalue weighted by molar-refractivity contribution is -0.116. The van der Waals surface area contributed by atoms with Crippen molar-refractivity contribution >= 4 is 23.2 Å². The van der Waals surface area contributed by atoms with Gasteiger partial charge in [-0.3, -0.25) is 4.79 Å². The van der Waals surface area contributed by atoms with E-state index >= 15 is 0 Å². The SMILES string of the molecule is CCCCC(=O)Nc1ccc(OCCCl)c(-c2cncn2C)c1. The van der Waals surface area contributed by atoms with Gasteiger partial charge in [0.05, 0.1) is 24.1 Å². The molecule has 2 aromatic rings. The monoisotopic (exact) mass is 335 g/mol. The summed E-state index contributed by atoms with van der Waals surface area (Å²) in [4.78, 5) is 16.1. The molecule has 0 fully saturated rings. The van der Waals surface area contributed by atoms with Gasteiger partial charge >= 0.3 is 0 Å². The first-order valence-electron chi connectivity index (χ1n) is 7.75. The summed E-state index contributed by atoms with van der Waals surface area (Å²) in [7, 11) is 1.92. The number of nitrogens with zero attached hydrogens (tertiary/aromatic N) is 2. The third kappa shape index (κ3) is 4.73. The lowest BCUT2D eigenvalue weighted by atomic mass is 10.1. The zero-order valence-corrected chi connectivity index (χ0v) is 14.3. The van der Waals surface area contributed by atoms with Crippen LogP contribution in [0.15, 0.2) is 30.7 Å². The zero-order chi connectivity index (χ0) is 16.7. The highest BCUT2D eigenvalue weighted by atomic mass is 35.5. The minimum Gasteiger partial charge on any atom is -0.492 e. The predicted molar refractivity (Wildman–Crippen MR) is 93.0 cm³/mol. The molecule has 0 saturated heterocycles. The Hall–Kier alpha value is -2.01. The normalized spacial score (nSPS) is 10.6. The maximum atomic E-state index is 11.9. The standard InChI is InChI=1S/C17H22ClN3O2/c1-3-4-5-17(22)20-13-6-7-16(23-9-8-18)14(10-13)15-11-19-12-21(15)2/h6-7,10-12H,3-5,8-9H2,1-2H3,(H,20,22). The first-order valence-corrected chi connectivity index (χ1v) is 8.28. The van der Waals surface area contributed by atoms with Crippen LogP contribution in [0.2, 0.25) is 0 Å². The Balaban J connectivity index is 2.26. The van der Waals surface area contributed by atoms with Gasteiger partial charge in [-0.15, -0.1) is 11.6 Å². The molecule has 1 aromatic carbocycles. The number of aromatic nitrogens is 2. The van der Waals surface area contributed by atoms with Crippen LogP contribution >= 0.6 is 11.6 Å². The summed E-state index contributed by atoms with van der Waals surface area (Å²) in [6.07, 6.45) is 5.91. The van der Waals surface area contributed by atoms with Crippen LogP contribution in [0.1, 0.15) is 26.2 Å². The largest absolute Gasteiger partial charge is 0.492 e. The van der Waals surface area contributed by atoms with Crippen molar-refractivity contribution in [2.24, 2.45) is 7.05 Å². The molecule has 2 rings (SSSR count). The molecule has 1 heterocycles. The van der Waals surface area contributed by atoms with Crippen LogP contribution in [0.5, 0.6) is 5.75 Å². The molecular formula is C17H22ClN3O2. The van der Waals surface area contributed by atoms with Gasteiger partial charge in [-0.1, -0.05) is 13.3 Å². The summed E-state index contributed by atoms with van der Waals surface area (Å²) >= 11 is 5.71. The average molecular weight is 336 g/mol. The van der Waals surface area contributed by atoms with E-state index < -0.39 is 0 Å². The minimum absolute atomic E-state index is 0.0252. The van der Waals surface area contributed by atoms with Crippen molar-refractivity contribution in [1.29, 1.82) is 0 Å². The average Bonchev–Trinajstić information content (AvgIpc) is 2.97. The van der Waals surface area contributed by atoms with Gasteiger partial charge in [-0.2, -0.15) is 0 Å². The van der Waals surface area contributed by atoms with Gasteiger partial charge in [0.25, 0.3) is 0 Å². The van der Waals surface area contributed by atoms with Gasteiger partial charge in [0.1, 0.15) is 12.4 Å². The maximum Gasteiger partial charge on any atom is 0.224 e. The molecule has 1 amide bonds. The summed E-state index contributed by atoms with van der Waals surface area (Å²) in [6.45, 7) is 2.49. The number of halogens is 1. The smallest absolute Gasteiger partial charge is 0.224 e. The predicted octanol–water partition coefficient (Wildman–Crippen LogP) is 3.83. The first kappa shape index (κ1) is 17.3. The zero-order valence-electron chi connectivity index (χ0n) is 13.5. The van der Waals surface area contributed by atoms with E-state index in [4.69, 9.17) is 16.3 Å². The molecule has 0 atom stereocenters. The molecule has 0 aliphatic rings. The summed E-state index contributed by atoms with van der Waals surface area (Å²) in [5.74, 6) is 1.17. The molecule has 0 aliphatic heterocycles. The van der Waals surface area contributed by atoms with E-state index in [-0.39, 0.29) is 5.91 Å². The van der Waals surface area contributed by atoms with Gasteiger partial charge in [0.2, 0.25) is 5.91 Å². The number of alkyl halides is 1. The summed E-state index contributed by atoms with van der Waals surface area (Å²) in [6, 6.07) is 5.60. The Morgan fingerprint density at radius 2 is 2.26 bits per heavy atom. The summed E-state index contributed by atoms with van der Waals surface area (Å²) < 4.78 is 7.61. The van der Waals surface area contributed by atoms with Crippen LogP contribution in [0.3, 0.4) is 0 Å². The number of unbranched alkanes of at least 4 members (excludes halogenated alkanes) is 1. The minimum atomic E-state index is 0.0252. The number of amides is 1. The number of hydrogen-bond donors (Lipinski definition) is 1. The Morgan fingerprint density at radius 1 is 1.43 bits per heavy atom. The van der Waals surface area contributed by atoms with E-state index in [1.54, 1.807) is 12.5 Å². The van der Waals surface area contributed by atoms with Crippen molar-refractivity contribution in [2.75, 3.05) is 17.8 Å². The van der Waals surface area contributed by atoms with E-state index in [9.17, 15) is 4.79 Å². The van der Waals surface area contributed by atoms with E-state index in [0.717, 1.165) is 35.5 Å². The molecule has 5 nitrogen and oxygen atoms in total. The second-order valence-corrected chi connectivity index (χ2v) is 5.67. The number of hydrogen-bond acceptors (Lipinski definition) is 3. The summed E-state index contributed by atoms with van der Waals surface area (Å²) in [5, 5.41) is 2.93. The van der Waals surface area contributed by atoms with Crippen molar-refractivity contribution in [3.05, 3.63) is 30.7 Å². The van der Waals surface area contributed by atoms with Crippen LogP contribution < -0.4 is 10.1 Å². The third-order valence-electron chi connectivity index (χ3n) is 3.45. The van der Waals surface area contributed by atoms with Crippen LogP contribution in [0, 0.1) is 0 Å². The molecule has 124 valence electrons. The third-order valence-corrected chi connectivity index (χ3v) is 3.60. The fourth-order valence-corrected chi connectivity index (χ4v) is 2.34. The number of carbonyl (C=O) groups is 1. The fraction of sp³-hybridized carbons (Fsp3) is 0.412. The van der Waals surface area contributed by atoms with Gasteiger partial charge in [0.15, 0.2) is 0 Å². The topological polar surface area (TPSA) is 56.1 Å². The van der Waals surface area contributed by atoms with E-state index in [2.05, 4.69) is 17.2 Å². The number of rotatable bonds is 8. The van der Waals surface area contributed by atoms with Gasteiger partial charge < -0.3 is 14.6 Å². The Labute approximate surface area is 141 Å². The quantitative estimate of drug-likeness (QED) is 0.746. The van der Waals surface area contributed by atoms with Crippen LogP contribution in [-0.2, 0) is 11.8 Å². The number of benzene rings is 1. The molecule has 0 bridgehead atoms. The molecule has 1 aromatic heterocycles. The second-order valence-electron chi connectivity index (χ2n) is 5.29. The molecule has 1 N–H and O–H groups in total. The fourth-order valence-electron chi connectivity index (χ4n) is 2.26. The van der Waals surface area contributed by atoms with Crippen LogP contribution in [0.4, 0.5) is 5.69 Å². The molecule has 0 unspecified atom stereocenters. The number of nitrogens with one attached hydrogen (secondary N) is 1. The van der Waals surface area contributed by atoms with Gasteiger partial charge in [0, 0.05) is 24.7 Å². The lowest BCUT2D eigenvalue weighted by Gasteiger charge is -2.13. The highest BCUT2D eigenvalue weighted by Gasteiger charge is 2.12. The molecule has 0 saturated carbocycles. The number of imidazole rings is 1. The molecule has 6 heteroatoms. The molecular weight excluding hydrogens is 314 g/mol. The molecule has 0 radical (unpaired) electrons. The highest BCUT2D eigenvalue weighted by Crippen LogP contribution is 2.32. The van der Waals surface area contributed by atoms with Crippen molar-refractivity contribution in [3.8, 4) is 17.0 Å². The highest BCUT2D eigenvalue weighted by molar-refractivity contribution is 6.18. The Morgan fingerprint density at radius 3 is 2.91 bits per heavy atom. The second kappa shape index (κ2) is 8.58. The first-order chi connectivity index (χ1) is 11.2. The Kier molecular flexibility index (Phi) is 6.47. The van der Waals surface area contributed by atoms with Crippen molar-refractivity contribution in [2.45, 2.75) is 26.2 Å². The number of carbonyl (C=O) groups excluding carboxylic acids is 1. The van der Waals surface area contributed by atoms with E-state index in [0.29, 0.717) is 18.9 Å². The van der Waals surface area contributed by atoms with Crippen LogP contribution in [-0.4, -0.2) is 27.9 Å². The van der Waals surface area contributed by atoms with Gasteiger partial charge in [-0.05, 0) is 24.6 Å². The lowest BCUT2D eigenvalue weighted by Crippen LogP contribution is -2.11. The molecule has 0 spiro atoms. The van der Waals surface area contributed by atoms with E-state index in [1.807, 2.05) is 29.8 Å². The number of anilines is 1. The number of aryl methyl sites for hydroxylation is 1. The van der Waals surface area contributed by atoms with Crippen molar-refractivity contribution < 1.29 is 9.53 Å². The van der Waals surface area contributed by atoms with Crippen LogP contribution in [0.25, 0.3) is 11.3 Å². The Bertz CT molecular complexity index is 655. The number of ether oxygens (including phenoxy) is 1. The molecule has 23 heavy (non-hydrogen) atoms. The van der Waals surface area contributed by atoms with Crippen molar-refractivity contribution in [1.82, 2.24) is 9.55 Å².